The monoisotopic (exact) mass is 236 g/mol. The number of methoxy groups -OCH3 is 1. The summed E-state index contributed by atoms with van der Waals surface area (Å²) < 4.78 is 5.54. The molecule has 0 saturated carbocycles. The lowest BCUT2D eigenvalue weighted by atomic mass is 9.70. The minimum atomic E-state index is -0.180. The molecule has 1 rings (SSSR count). The summed E-state index contributed by atoms with van der Waals surface area (Å²) in [4.78, 5) is 0. The Morgan fingerprint density at radius 3 is 2.59 bits per heavy atom. The maximum atomic E-state index is 5.54. The second kappa shape index (κ2) is 5.39. The van der Waals surface area contributed by atoms with E-state index in [1.807, 2.05) is 6.08 Å². The van der Waals surface area contributed by atoms with Crippen molar-refractivity contribution < 1.29 is 4.74 Å². The van der Waals surface area contributed by atoms with E-state index < -0.39 is 0 Å². The van der Waals surface area contributed by atoms with Crippen LogP contribution in [0.15, 0.2) is 23.8 Å². The highest BCUT2D eigenvalue weighted by Gasteiger charge is 2.30. The molecule has 0 radical (unpaired) electrons. The molecule has 0 bridgehead atoms. The topological polar surface area (TPSA) is 9.23 Å². The summed E-state index contributed by atoms with van der Waals surface area (Å²) in [6, 6.07) is 0. The van der Waals surface area contributed by atoms with Crippen LogP contribution >= 0.6 is 0 Å². The van der Waals surface area contributed by atoms with Crippen LogP contribution in [0.1, 0.15) is 59.8 Å². The van der Waals surface area contributed by atoms with Crippen molar-refractivity contribution in [3.8, 4) is 0 Å². The van der Waals surface area contributed by atoms with Crippen molar-refractivity contribution in [2.75, 3.05) is 7.11 Å². The van der Waals surface area contributed by atoms with Gasteiger partial charge in [-0.3, -0.25) is 0 Å². The van der Waals surface area contributed by atoms with Crippen LogP contribution in [0.4, 0.5) is 0 Å². The molecule has 17 heavy (non-hydrogen) atoms. The molecule has 1 unspecified atom stereocenters. The minimum Gasteiger partial charge on any atom is -0.374 e. The van der Waals surface area contributed by atoms with Gasteiger partial charge in [-0.25, -0.2) is 0 Å². The Bertz CT molecular complexity index is 311. The van der Waals surface area contributed by atoms with Crippen LogP contribution in [-0.2, 0) is 4.74 Å². The Hall–Kier alpha value is -0.560. The van der Waals surface area contributed by atoms with Gasteiger partial charge < -0.3 is 4.74 Å². The molecule has 0 aliphatic heterocycles. The molecule has 1 atom stereocenters. The predicted molar refractivity (Wildman–Crippen MR) is 75.2 cm³/mol. The van der Waals surface area contributed by atoms with Gasteiger partial charge in [0.05, 0.1) is 5.60 Å². The summed E-state index contributed by atoms with van der Waals surface area (Å²) >= 11 is 0. The fourth-order valence-corrected chi connectivity index (χ4v) is 2.89. The summed E-state index contributed by atoms with van der Waals surface area (Å²) in [5, 5.41) is 0. The zero-order valence-corrected chi connectivity index (χ0v) is 12.2. The quantitative estimate of drug-likeness (QED) is 0.618. The van der Waals surface area contributed by atoms with Crippen LogP contribution in [0.3, 0.4) is 0 Å². The molecule has 0 heterocycles. The first kappa shape index (κ1) is 14.5. The van der Waals surface area contributed by atoms with E-state index in [1.165, 1.54) is 19.3 Å². The smallest absolute Gasteiger partial charge is 0.0831 e. The van der Waals surface area contributed by atoms with Gasteiger partial charge in [0.2, 0.25) is 0 Å². The van der Waals surface area contributed by atoms with Gasteiger partial charge >= 0.3 is 0 Å². The number of hydrogen-bond donors (Lipinski definition) is 0. The number of allylic oxidation sites excluding steroid dienone is 2. The van der Waals surface area contributed by atoms with E-state index in [9.17, 15) is 0 Å². The SMILES string of the molecule is C=CC(C)(CCC1=C(C)CCCC1(C)C)OC. The Morgan fingerprint density at radius 2 is 2.12 bits per heavy atom. The normalized spacial score (nSPS) is 23.4. The van der Waals surface area contributed by atoms with Gasteiger partial charge in [0, 0.05) is 7.11 Å². The van der Waals surface area contributed by atoms with Crippen LogP contribution in [0.2, 0.25) is 0 Å². The number of hydrogen-bond acceptors (Lipinski definition) is 1. The van der Waals surface area contributed by atoms with E-state index in [2.05, 4.69) is 34.3 Å². The lowest BCUT2D eigenvalue weighted by Gasteiger charge is -2.36. The van der Waals surface area contributed by atoms with Crippen molar-refractivity contribution in [1.82, 2.24) is 0 Å². The first-order valence-corrected chi connectivity index (χ1v) is 6.72. The van der Waals surface area contributed by atoms with Gasteiger partial charge in [-0.05, 0) is 51.4 Å². The first-order valence-electron chi connectivity index (χ1n) is 6.72. The molecule has 0 aromatic carbocycles. The Kier molecular flexibility index (Phi) is 4.60. The van der Waals surface area contributed by atoms with E-state index in [0.717, 1.165) is 12.8 Å². The van der Waals surface area contributed by atoms with Crippen LogP contribution in [0.5, 0.6) is 0 Å². The highest BCUT2D eigenvalue weighted by molar-refractivity contribution is 5.23. The summed E-state index contributed by atoms with van der Waals surface area (Å²) in [6.45, 7) is 13.1. The Morgan fingerprint density at radius 1 is 1.47 bits per heavy atom. The summed E-state index contributed by atoms with van der Waals surface area (Å²) in [5.41, 5.74) is 3.44. The third-order valence-corrected chi connectivity index (χ3v) is 4.46. The summed E-state index contributed by atoms with van der Waals surface area (Å²) in [6.07, 6.45) is 8.02. The Balaban J connectivity index is 2.76. The standard InChI is InChI=1S/C16H28O/c1-7-16(5,17-6)12-10-14-13(2)9-8-11-15(14,3)4/h7H,1,8-12H2,2-6H3. The summed E-state index contributed by atoms with van der Waals surface area (Å²) in [5.74, 6) is 0. The van der Waals surface area contributed by atoms with Crippen molar-refractivity contribution in [3.05, 3.63) is 23.8 Å². The fraction of sp³-hybridized carbons (Fsp3) is 0.750. The van der Waals surface area contributed by atoms with E-state index in [4.69, 9.17) is 4.74 Å². The molecular formula is C16H28O. The molecular weight excluding hydrogens is 208 g/mol. The van der Waals surface area contributed by atoms with Crippen LogP contribution in [0, 0.1) is 5.41 Å². The van der Waals surface area contributed by atoms with Gasteiger partial charge in [0.1, 0.15) is 0 Å². The molecule has 0 saturated heterocycles. The molecule has 98 valence electrons. The van der Waals surface area contributed by atoms with Gasteiger partial charge in [-0.15, -0.1) is 6.58 Å². The fourth-order valence-electron chi connectivity index (χ4n) is 2.89. The first-order chi connectivity index (χ1) is 7.84. The molecule has 1 aliphatic carbocycles. The molecule has 0 fully saturated rings. The zero-order valence-electron chi connectivity index (χ0n) is 12.2. The predicted octanol–water partition coefficient (Wildman–Crippen LogP) is 4.88. The van der Waals surface area contributed by atoms with E-state index >= 15 is 0 Å². The average molecular weight is 236 g/mol. The molecule has 0 aromatic heterocycles. The molecule has 1 heteroatoms. The van der Waals surface area contributed by atoms with E-state index in [0.29, 0.717) is 5.41 Å². The third kappa shape index (κ3) is 3.45. The Labute approximate surface area is 107 Å². The van der Waals surface area contributed by atoms with Crippen molar-refractivity contribution in [2.24, 2.45) is 5.41 Å². The highest BCUT2D eigenvalue weighted by Crippen LogP contribution is 2.43. The van der Waals surface area contributed by atoms with Crippen molar-refractivity contribution in [3.63, 3.8) is 0 Å². The third-order valence-electron chi connectivity index (χ3n) is 4.46. The van der Waals surface area contributed by atoms with Crippen molar-refractivity contribution in [1.29, 1.82) is 0 Å². The van der Waals surface area contributed by atoms with Crippen LogP contribution in [-0.4, -0.2) is 12.7 Å². The molecule has 0 spiro atoms. The van der Waals surface area contributed by atoms with Crippen LogP contribution < -0.4 is 0 Å². The van der Waals surface area contributed by atoms with Gasteiger partial charge in [-0.2, -0.15) is 0 Å². The number of ether oxygens (including phenoxy) is 1. The van der Waals surface area contributed by atoms with Gasteiger partial charge in [0.15, 0.2) is 0 Å². The van der Waals surface area contributed by atoms with Gasteiger partial charge in [0.25, 0.3) is 0 Å². The molecule has 0 amide bonds. The maximum absolute atomic E-state index is 5.54. The lowest BCUT2D eigenvalue weighted by molar-refractivity contribution is 0.0407. The molecule has 0 aromatic rings. The maximum Gasteiger partial charge on any atom is 0.0831 e. The average Bonchev–Trinajstić information content (AvgIpc) is 2.27. The largest absolute Gasteiger partial charge is 0.374 e. The second-order valence-electron chi connectivity index (χ2n) is 6.22. The van der Waals surface area contributed by atoms with Gasteiger partial charge in [-0.1, -0.05) is 31.1 Å². The highest BCUT2D eigenvalue weighted by atomic mass is 16.5. The lowest BCUT2D eigenvalue weighted by Crippen LogP contribution is -2.27. The van der Waals surface area contributed by atoms with Crippen molar-refractivity contribution >= 4 is 0 Å². The van der Waals surface area contributed by atoms with E-state index in [1.54, 1.807) is 18.3 Å². The van der Waals surface area contributed by atoms with Crippen molar-refractivity contribution in [2.45, 2.75) is 65.4 Å². The second-order valence-corrected chi connectivity index (χ2v) is 6.22. The summed E-state index contributed by atoms with van der Waals surface area (Å²) in [7, 11) is 1.77. The molecule has 1 nitrogen and oxygen atoms in total. The number of rotatable bonds is 5. The molecule has 0 N–H and O–H groups in total. The van der Waals surface area contributed by atoms with Crippen LogP contribution in [0.25, 0.3) is 0 Å². The minimum absolute atomic E-state index is 0.180. The molecule has 1 aliphatic rings. The van der Waals surface area contributed by atoms with E-state index in [-0.39, 0.29) is 5.60 Å². The zero-order chi connectivity index (χ0) is 13.1.